The largest absolute Gasteiger partial charge is 0.393 e. The molecular weight excluding hydrogens is 196 g/mol. The minimum atomic E-state index is -0.0596. The topological polar surface area (TPSA) is 20.2 Å². The maximum Gasteiger partial charge on any atom is 0.0565 e. The molecule has 0 aliphatic rings. The SMILES string of the molecule is CCCCCCCCCC(O)C(C)CCC. The fourth-order valence-corrected chi connectivity index (χ4v) is 2.24. The highest BCUT2D eigenvalue weighted by Gasteiger charge is 2.12. The number of rotatable bonds is 11. The molecular formula is C15H32O. The molecule has 0 aliphatic carbocycles. The smallest absolute Gasteiger partial charge is 0.0565 e. The summed E-state index contributed by atoms with van der Waals surface area (Å²) in [6.07, 6.45) is 12.7. The van der Waals surface area contributed by atoms with Crippen molar-refractivity contribution >= 4 is 0 Å². The van der Waals surface area contributed by atoms with Crippen LogP contribution in [0.15, 0.2) is 0 Å². The van der Waals surface area contributed by atoms with Crippen LogP contribution in [0.5, 0.6) is 0 Å². The van der Waals surface area contributed by atoms with Gasteiger partial charge in [-0.1, -0.05) is 72.1 Å². The molecule has 0 saturated heterocycles. The maximum atomic E-state index is 9.89. The molecule has 0 saturated carbocycles. The second-order valence-electron chi connectivity index (χ2n) is 5.24. The van der Waals surface area contributed by atoms with Gasteiger partial charge in [-0.15, -0.1) is 0 Å². The third kappa shape index (κ3) is 9.21. The van der Waals surface area contributed by atoms with Crippen molar-refractivity contribution in [1.29, 1.82) is 0 Å². The number of aliphatic hydroxyl groups is 1. The van der Waals surface area contributed by atoms with E-state index < -0.39 is 0 Å². The van der Waals surface area contributed by atoms with Crippen LogP contribution in [-0.4, -0.2) is 11.2 Å². The lowest BCUT2D eigenvalue weighted by Gasteiger charge is -2.17. The van der Waals surface area contributed by atoms with Gasteiger partial charge in [-0.05, 0) is 18.8 Å². The minimum absolute atomic E-state index is 0.0596. The van der Waals surface area contributed by atoms with Gasteiger partial charge in [0.1, 0.15) is 0 Å². The Bertz CT molecular complexity index is 133. The molecule has 0 radical (unpaired) electrons. The van der Waals surface area contributed by atoms with E-state index in [2.05, 4.69) is 20.8 Å². The summed E-state index contributed by atoms with van der Waals surface area (Å²) < 4.78 is 0. The van der Waals surface area contributed by atoms with E-state index in [1.165, 1.54) is 51.4 Å². The van der Waals surface area contributed by atoms with Crippen molar-refractivity contribution in [2.45, 2.75) is 91.1 Å². The van der Waals surface area contributed by atoms with Crippen molar-refractivity contribution in [3.05, 3.63) is 0 Å². The van der Waals surface area contributed by atoms with Gasteiger partial charge in [0.05, 0.1) is 6.10 Å². The Labute approximate surface area is 103 Å². The van der Waals surface area contributed by atoms with Crippen molar-refractivity contribution in [1.82, 2.24) is 0 Å². The van der Waals surface area contributed by atoms with Gasteiger partial charge in [0.2, 0.25) is 0 Å². The van der Waals surface area contributed by atoms with Crippen LogP contribution in [0, 0.1) is 5.92 Å². The lowest BCUT2D eigenvalue weighted by atomic mass is 9.95. The van der Waals surface area contributed by atoms with E-state index in [1.54, 1.807) is 0 Å². The number of hydrogen-bond donors (Lipinski definition) is 1. The zero-order valence-electron chi connectivity index (χ0n) is 11.7. The van der Waals surface area contributed by atoms with Gasteiger partial charge < -0.3 is 5.11 Å². The summed E-state index contributed by atoms with van der Waals surface area (Å²) in [7, 11) is 0. The Hall–Kier alpha value is -0.0400. The molecule has 0 bridgehead atoms. The van der Waals surface area contributed by atoms with Gasteiger partial charge >= 0.3 is 0 Å². The van der Waals surface area contributed by atoms with Gasteiger partial charge in [-0.2, -0.15) is 0 Å². The zero-order chi connectivity index (χ0) is 12.2. The van der Waals surface area contributed by atoms with Gasteiger partial charge in [-0.3, -0.25) is 0 Å². The summed E-state index contributed by atoms with van der Waals surface area (Å²) >= 11 is 0. The molecule has 16 heavy (non-hydrogen) atoms. The molecule has 1 N–H and O–H groups in total. The number of unbranched alkanes of at least 4 members (excludes halogenated alkanes) is 6. The van der Waals surface area contributed by atoms with Crippen molar-refractivity contribution in [3.8, 4) is 0 Å². The van der Waals surface area contributed by atoms with E-state index in [0.717, 1.165) is 12.8 Å². The second kappa shape index (κ2) is 11.4. The summed E-state index contributed by atoms with van der Waals surface area (Å²) in [5, 5.41) is 9.89. The summed E-state index contributed by atoms with van der Waals surface area (Å²) in [4.78, 5) is 0. The van der Waals surface area contributed by atoms with Crippen LogP contribution in [0.25, 0.3) is 0 Å². The van der Waals surface area contributed by atoms with E-state index in [4.69, 9.17) is 0 Å². The molecule has 0 aromatic rings. The summed E-state index contributed by atoms with van der Waals surface area (Å²) in [6.45, 7) is 6.62. The van der Waals surface area contributed by atoms with Gasteiger partial charge in [-0.25, -0.2) is 0 Å². The molecule has 0 spiro atoms. The highest BCUT2D eigenvalue weighted by Crippen LogP contribution is 2.17. The zero-order valence-corrected chi connectivity index (χ0v) is 11.7. The van der Waals surface area contributed by atoms with Gasteiger partial charge in [0, 0.05) is 0 Å². The van der Waals surface area contributed by atoms with E-state index in [0.29, 0.717) is 5.92 Å². The molecule has 2 atom stereocenters. The standard InChI is InChI=1S/C15H32O/c1-4-6-7-8-9-10-11-13-15(16)14(3)12-5-2/h14-16H,4-13H2,1-3H3. The van der Waals surface area contributed by atoms with E-state index in [-0.39, 0.29) is 6.10 Å². The second-order valence-corrected chi connectivity index (χ2v) is 5.24. The fraction of sp³-hybridized carbons (Fsp3) is 1.00. The van der Waals surface area contributed by atoms with Crippen LogP contribution in [0.1, 0.15) is 85.0 Å². The van der Waals surface area contributed by atoms with Crippen LogP contribution < -0.4 is 0 Å². The third-order valence-corrected chi connectivity index (χ3v) is 3.50. The lowest BCUT2D eigenvalue weighted by molar-refractivity contribution is 0.0996. The Kier molecular flexibility index (Phi) is 11.4. The molecule has 0 amide bonds. The Balaban J connectivity index is 3.23. The first kappa shape index (κ1) is 16.0. The van der Waals surface area contributed by atoms with Crippen molar-refractivity contribution in [2.24, 2.45) is 5.92 Å². The molecule has 0 aromatic heterocycles. The molecule has 1 heteroatoms. The maximum absolute atomic E-state index is 9.89. The first-order valence-corrected chi connectivity index (χ1v) is 7.40. The van der Waals surface area contributed by atoms with Crippen LogP contribution in [0.3, 0.4) is 0 Å². The molecule has 0 fully saturated rings. The summed E-state index contributed by atoms with van der Waals surface area (Å²) in [5.41, 5.74) is 0. The summed E-state index contributed by atoms with van der Waals surface area (Å²) in [5.74, 6) is 0.491. The van der Waals surface area contributed by atoms with Crippen LogP contribution in [0.2, 0.25) is 0 Å². The minimum Gasteiger partial charge on any atom is -0.393 e. The average molecular weight is 228 g/mol. The van der Waals surface area contributed by atoms with Crippen LogP contribution in [-0.2, 0) is 0 Å². The normalized spacial score (nSPS) is 15.0. The van der Waals surface area contributed by atoms with Crippen molar-refractivity contribution in [2.75, 3.05) is 0 Å². The molecule has 1 nitrogen and oxygen atoms in total. The number of hydrogen-bond acceptors (Lipinski definition) is 1. The quantitative estimate of drug-likeness (QED) is 0.497. The monoisotopic (exact) mass is 228 g/mol. The molecule has 0 heterocycles. The molecule has 0 aromatic carbocycles. The molecule has 0 aliphatic heterocycles. The lowest BCUT2D eigenvalue weighted by Crippen LogP contribution is -2.17. The van der Waals surface area contributed by atoms with E-state index in [1.807, 2.05) is 0 Å². The third-order valence-electron chi connectivity index (χ3n) is 3.50. The van der Waals surface area contributed by atoms with Crippen molar-refractivity contribution in [3.63, 3.8) is 0 Å². The fourth-order valence-electron chi connectivity index (χ4n) is 2.24. The highest BCUT2D eigenvalue weighted by molar-refractivity contribution is 4.64. The Morgan fingerprint density at radius 3 is 1.88 bits per heavy atom. The van der Waals surface area contributed by atoms with Gasteiger partial charge in [0.15, 0.2) is 0 Å². The Morgan fingerprint density at radius 1 is 0.750 bits per heavy atom. The predicted molar refractivity (Wildman–Crippen MR) is 72.7 cm³/mol. The van der Waals surface area contributed by atoms with Crippen LogP contribution >= 0.6 is 0 Å². The first-order chi connectivity index (χ1) is 7.72. The van der Waals surface area contributed by atoms with Crippen molar-refractivity contribution < 1.29 is 5.11 Å². The molecule has 0 rings (SSSR count). The molecule has 2 unspecified atom stereocenters. The highest BCUT2D eigenvalue weighted by atomic mass is 16.3. The van der Waals surface area contributed by atoms with E-state index in [9.17, 15) is 5.11 Å². The average Bonchev–Trinajstić information content (AvgIpc) is 2.28. The predicted octanol–water partition coefficient (Wildman–Crippen LogP) is 4.92. The first-order valence-electron chi connectivity index (χ1n) is 7.40. The van der Waals surface area contributed by atoms with E-state index >= 15 is 0 Å². The Morgan fingerprint density at radius 2 is 1.31 bits per heavy atom. The molecule has 98 valence electrons. The summed E-state index contributed by atoms with van der Waals surface area (Å²) in [6, 6.07) is 0. The van der Waals surface area contributed by atoms with Gasteiger partial charge in [0.25, 0.3) is 0 Å². The van der Waals surface area contributed by atoms with Crippen LogP contribution in [0.4, 0.5) is 0 Å². The number of aliphatic hydroxyl groups excluding tert-OH is 1.